The van der Waals surface area contributed by atoms with Crippen LogP contribution in [0.2, 0.25) is 0 Å². The van der Waals surface area contributed by atoms with Gasteiger partial charge in [0.25, 0.3) is 0 Å². The fraction of sp³-hybridized carbons (Fsp3) is 0.500. The van der Waals surface area contributed by atoms with Crippen LogP contribution in [-0.4, -0.2) is 26.5 Å². The van der Waals surface area contributed by atoms with Gasteiger partial charge in [0.15, 0.2) is 0 Å². The fourth-order valence-corrected chi connectivity index (χ4v) is 2.65. The van der Waals surface area contributed by atoms with E-state index in [1.54, 1.807) is 19.1 Å². The van der Waals surface area contributed by atoms with Gasteiger partial charge in [0, 0.05) is 18.8 Å². The van der Waals surface area contributed by atoms with E-state index in [1.165, 1.54) is 12.3 Å². The molecule has 0 spiro atoms. The van der Waals surface area contributed by atoms with E-state index >= 15 is 0 Å². The molecule has 0 saturated heterocycles. The molecule has 17 heavy (non-hydrogen) atoms. The molecular weight excluding hydrogens is 241 g/mol. The molecule has 1 rings (SSSR count). The molecule has 0 fully saturated rings. The first kappa shape index (κ1) is 14.1. The lowest BCUT2D eigenvalue weighted by atomic mass is 10.1. The minimum absolute atomic E-state index is 0.104. The van der Waals surface area contributed by atoms with Crippen LogP contribution in [0.25, 0.3) is 0 Å². The lowest BCUT2D eigenvalue weighted by molar-refractivity contribution is 0.559. The SMILES string of the molecule is Cc1cc(CNC(C)CS(C)(=O)=O)ccc1F. The number of halogens is 1. The normalized spacial score (nSPS) is 13.6. The summed E-state index contributed by atoms with van der Waals surface area (Å²) in [7, 11) is -2.97. The summed E-state index contributed by atoms with van der Waals surface area (Å²) in [6, 6.07) is 4.77. The standard InChI is InChI=1S/C12H18FNO2S/c1-9-6-11(4-5-12(9)13)7-14-10(2)8-17(3,15)16/h4-6,10,14H,7-8H2,1-3H3. The molecule has 0 aliphatic carbocycles. The Labute approximate surface area is 102 Å². The van der Waals surface area contributed by atoms with E-state index in [-0.39, 0.29) is 17.6 Å². The first-order valence-corrected chi connectivity index (χ1v) is 7.50. The number of hydrogen-bond donors (Lipinski definition) is 1. The van der Waals surface area contributed by atoms with Gasteiger partial charge in [-0.2, -0.15) is 0 Å². The summed E-state index contributed by atoms with van der Waals surface area (Å²) in [5.41, 5.74) is 1.55. The van der Waals surface area contributed by atoms with Crippen molar-refractivity contribution in [2.45, 2.75) is 26.4 Å². The summed E-state index contributed by atoms with van der Waals surface area (Å²) >= 11 is 0. The van der Waals surface area contributed by atoms with E-state index in [0.717, 1.165) is 5.56 Å². The van der Waals surface area contributed by atoms with Gasteiger partial charge in [-0.1, -0.05) is 12.1 Å². The van der Waals surface area contributed by atoms with Crippen LogP contribution < -0.4 is 5.32 Å². The van der Waals surface area contributed by atoms with Crippen molar-refractivity contribution in [1.82, 2.24) is 5.32 Å². The lowest BCUT2D eigenvalue weighted by Gasteiger charge is -2.13. The maximum Gasteiger partial charge on any atom is 0.148 e. The highest BCUT2D eigenvalue weighted by molar-refractivity contribution is 7.90. The van der Waals surface area contributed by atoms with E-state index in [0.29, 0.717) is 12.1 Å². The zero-order valence-corrected chi connectivity index (χ0v) is 11.1. The lowest BCUT2D eigenvalue weighted by Crippen LogP contribution is -2.32. The van der Waals surface area contributed by atoms with Crippen LogP contribution >= 0.6 is 0 Å². The molecule has 1 aromatic carbocycles. The molecule has 1 N–H and O–H groups in total. The molecule has 0 saturated carbocycles. The monoisotopic (exact) mass is 259 g/mol. The zero-order chi connectivity index (χ0) is 13.1. The highest BCUT2D eigenvalue weighted by Gasteiger charge is 2.09. The second kappa shape index (κ2) is 5.60. The topological polar surface area (TPSA) is 46.2 Å². The largest absolute Gasteiger partial charge is 0.309 e. The molecule has 96 valence electrons. The van der Waals surface area contributed by atoms with Crippen LogP contribution in [0, 0.1) is 12.7 Å². The van der Waals surface area contributed by atoms with Gasteiger partial charge >= 0.3 is 0 Å². The molecule has 1 unspecified atom stereocenters. The molecule has 0 aliphatic rings. The van der Waals surface area contributed by atoms with Gasteiger partial charge in [0.1, 0.15) is 15.7 Å². The highest BCUT2D eigenvalue weighted by Crippen LogP contribution is 2.09. The Hall–Kier alpha value is -0.940. The van der Waals surface area contributed by atoms with Crippen LogP contribution in [0.5, 0.6) is 0 Å². The van der Waals surface area contributed by atoms with Gasteiger partial charge < -0.3 is 5.32 Å². The van der Waals surface area contributed by atoms with E-state index in [1.807, 2.05) is 6.92 Å². The van der Waals surface area contributed by atoms with Crippen molar-refractivity contribution in [3.05, 3.63) is 35.1 Å². The molecule has 0 amide bonds. The zero-order valence-electron chi connectivity index (χ0n) is 10.3. The smallest absolute Gasteiger partial charge is 0.148 e. The highest BCUT2D eigenvalue weighted by atomic mass is 32.2. The van der Waals surface area contributed by atoms with Crippen LogP contribution in [0.3, 0.4) is 0 Å². The predicted octanol–water partition coefficient (Wildman–Crippen LogP) is 1.66. The molecule has 3 nitrogen and oxygen atoms in total. The van der Waals surface area contributed by atoms with Crippen LogP contribution in [0.1, 0.15) is 18.1 Å². The average Bonchev–Trinajstić information content (AvgIpc) is 2.17. The van der Waals surface area contributed by atoms with E-state index in [2.05, 4.69) is 5.32 Å². The number of benzene rings is 1. The number of nitrogens with one attached hydrogen (secondary N) is 1. The Kier molecular flexibility index (Phi) is 4.65. The number of aryl methyl sites for hydroxylation is 1. The second-order valence-corrected chi connectivity index (χ2v) is 6.64. The van der Waals surface area contributed by atoms with Gasteiger partial charge in [-0.3, -0.25) is 0 Å². The predicted molar refractivity (Wildman–Crippen MR) is 67.1 cm³/mol. The molecule has 0 radical (unpaired) electrons. The van der Waals surface area contributed by atoms with Crippen molar-refractivity contribution in [3.8, 4) is 0 Å². The van der Waals surface area contributed by atoms with Gasteiger partial charge in [0.05, 0.1) is 5.75 Å². The fourth-order valence-electron chi connectivity index (χ4n) is 1.62. The Morgan fingerprint density at radius 3 is 2.59 bits per heavy atom. The Morgan fingerprint density at radius 1 is 1.41 bits per heavy atom. The third-order valence-corrected chi connectivity index (χ3v) is 3.54. The summed E-state index contributed by atoms with van der Waals surface area (Å²) in [6.07, 6.45) is 1.22. The van der Waals surface area contributed by atoms with Crippen molar-refractivity contribution >= 4 is 9.84 Å². The summed E-state index contributed by atoms with van der Waals surface area (Å²) in [5, 5.41) is 3.10. The second-order valence-electron chi connectivity index (χ2n) is 4.46. The Bertz CT molecular complexity index is 485. The molecule has 1 aromatic rings. The van der Waals surface area contributed by atoms with E-state index in [9.17, 15) is 12.8 Å². The summed E-state index contributed by atoms with van der Waals surface area (Å²) in [5.74, 6) is -0.120. The molecule has 5 heteroatoms. The first-order chi connectivity index (χ1) is 7.78. The van der Waals surface area contributed by atoms with Crippen molar-refractivity contribution in [2.75, 3.05) is 12.0 Å². The Balaban J connectivity index is 2.53. The molecular formula is C12H18FNO2S. The van der Waals surface area contributed by atoms with Gasteiger partial charge in [-0.05, 0) is 31.0 Å². The Morgan fingerprint density at radius 2 is 2.06 bits per heavy atom. The minimum atomic E-state index is -2.97. The summed E-state index contributed by atoms with van der Waals surface area (Å²) in [6.45, 7) is 4.06. The quantitative estimate of drug-likeness (QED) is 0.874. The summed E-state index contributed by atoms with van der Waals surface area (Å²) < 4.78 is 35.1. The van der Waals surface area contributed by atoms with Crippen LogP contribution in [0.15, 0.2) is 18.2 Å². The molecule has 0 aromatic heterocycles. The van der Waals surface area contributed by atoms with Crippen molar-refractivity contribution in [2.24, 2.45) is 0 Å². The van der Waals surface area contributed by atoms with Gasteiger partial charge in [-0.25, -0.2) is 12.8 Å². The molecule has 1 atom stereocenters. The third kappa shape index (κ3) is 5.28. The van der Waals surface area contributed by atoms with Crippen LogP contribution in [0.4, 0.5) is 4.39 Å². The molecule has 0 bridgehead atoms. The number of rotatable bonds is 5. The summed E-state index contributed by atoms with van der Waals surface area (Å²) in [4.78, 5) is 0. The molecule has 0 aliphatic heterocycles. The first-order valence-electron chi connectivity index (χ1n) is 5.44. The number of sulfone groups is 1. The van der Waals surface area contributed by atoms with Gasteiger partial charge in [0.2, 0.25) is 0 Å². The van der Waals surface area contributed by atoms with Gasteiger partial charge in [-0.15, -0.1) is 0 Å². The van der Waals surface area contributed by atoms with Crippen molar-refractivity contribution in [1.29, 1.82) is 0 Å². The van der Waals surface area contributed by atoms with E-state index in [4.69, 9.17) is 0 Å². The maximum absolute atomic E-state index is 13.0. The maximum atomic E-state index is 13.0. The average molecular weight is 259 g/mol. The molecule has 0 heterocycles. The van der Waals surface area contributed by atoms with E-state index < -0.39 is 9.84 Å². The third-order valence-electron chi connectivity index (χ3n) is 2.43. The van der Waals surface area contributed by atoms with Crippen molar-refractivity contribution in [3.63, 3.8) is 0 Å². The van der Waals surface area contributed by atoms with Crippen LogP contribution in [-0.2, 0) is 16.4 Å². The number of hydrogen-bond acceptors (Lipinski definition) is 3. The minimum Gasteiger partial charge on any atom is -0.309 e. The van der Waals surface area contributed by atoms with Crippen molar-refractivity contribution < 1.29 is 12.8 Å².